The van der Waals surface area contributed by atoms with Crippen LogP contribution in [-0.2, 0) is 6.54 Å². The van der Waals surface area contributed by atoms with Crippen LogP contribution in [0.25, 0.3) is 11.0 Å². The van der Waals surface area contributed by atoms with Gasteiger partial charge >= 0.3 is 0 Å². The van der Waals surface area contributed by atoms with Crippen LogP contribution in [0.1, 0.15) is 24.0 Å². The first-order valence-corrected chi connectivity index (χ1v) is 8.72. The second-order valence-electron chi connectivity index (χ2n) is 6.20. The Morgan fingerprint density at radius 2 is 1.96 bits per heavy atom. The topological polar surface area (TPSA) is 82.1 Å². The average molecular weight is 339 g/mol. The molecule has 0 saturated carbocycles. The molecule has 1 aromatic carbocycles. The molecule has 0 spiro atoms. The Balaban J connectivity index is 0.000000314. The number of dihydropyridines is 1. The highest BCUT2D eigenvalue weighted by atomic mass is 16.3. The summed E-state index contributed by atoms with van der Waals surface area (Å²) in [6.07, 6.45) is 9.69. The number of nitrogens with zero attached hydrogens (tertiary/aromatic N) is 2. The second kappa shape index (κ2) is 8.48. The first-order valence-electron chi connectivity index (χ1n) is 8.72. The van der Waals surface area contributed by atoms with E-state index in [2.05, 4.69) is 32.0 Å². The highest BCUT2D eigenvalue weighted by molar-refractivity contribution is 5.78. The van der Waals surface area contributed by atoms with Crippen molar-refractivity contribution in [1.29, 1.82) is 0 Å². The zero-order valence-electron chi connectivity index (χ0n) is 14.5. The van der Waals surface area contributed by atoms with Gasteiger partial charge in [-0.05, 0) is 56.1 Å². The van der Waals surface area contributed by atoms with Gasteiger partial charge in [0.2, 0.25) is 0 Å². The molecule has 0 radical (unpaired) electrons. The van der Waals surface area contributed by atoms with Gasteiger partial charge in [0.05, 0.1) is 16.7 Å². The van der Waals surface area contributed by atoms with E-state index in [1.54, 1.807) is 24.7 Å². The van der Waals surface area contributed by atoms with Crippen molar-refractivity contribution < 1.29 is 5.11 Å². The average Bonchev–Trinajstić information content (AvgIpc) is 3.21. The van der Waals surface area contributed by atoms with Crippen LogP contribution in [0.2, 0.25) is 0 Å². The number of aliphatic hydroxyl groups excluding tert-OH is 1. The molecule has 2 aliphatic heterocycles. The Hall–Kier alpha value is -2.60. The summed E-state index contributed by atoms with van der Waals surface area (Å²) in [5.41, 5.74) is 4.73. The van der Waals surface area contributed by atoms with Gasteiger partial charge in [0.15, 0.2) is 0 Å². The predicted molar refractivity (Wildman–Crippen MR) is 100 cm³/mol. The molecule has 0 amide bonds. The Morgan fingerprint density at radius 1 is 1.16 bits per heavy atom. The van der Waals surface area contributed by atoms with Crippen LogP contribution in [-0.4, -0.2) is 34.7 Å². The van der Waals surface area contributed by atoms with Crippen molar-refractivity contribution in [3.63, 3.8) is 0 Å². The molecule has 1 aromatic heterocycles. The molecule has 0 bridgehead atoms. The first kappa shape index (κ1) is 17.2. The van der Waals surface area contributed by atoms with Crippen LogP contribution < -0.4 is 16.0 Å². The molecule has 0 unspecified atom stereocenters. The van der Waals surface area contributed by atoms with Crippen molar-refractivity contribution >= 4 is 11.0 Å². The predicted octanol–water partition coefficient (Wildman–Crippen LogP) is 2.28. The minimum Gasteiger partial charge on any atom is -0.506 e. The number of rotatable bonds is 3. The number of hydrogen-bond donors (Lipinski definition) is 4. The normalized spacial score (nSPS) is 16.4. The summed E-state index contributed by atoms with van der Waals surface area (Å²) in [6, 6.07) is 4.10. The van der Waals surface area contributed by atoms with Crippen molar-refractivity contribution in [1.82, 2.24) is 25.9 Å². The van der Waals surface area contributed by atoms with Gasteiger partial charge in [-0.1, -0.05) is 6.07 Å². The minimum absolute atomic E-state index is 0.279. The molecule has 1 fully saturated rings. The Labute approximate surface area is 148 Å². The molecule has 2 aromatic rings. The summed E-state index contributed by atoms with van der Waals surface area (Å²) in [4.78, 5) is 8.66. The molecule has 25 heavy (non-hydrogen) atoms. The SMILES string of the molecule is C1CCNC1.Cc1cc(CNC2=CNCC=C2O)cc2nccnc12. The molecule has 6 heteroatoms. The molecule has 4 N–H and O–H groups in total. The van der Waals surface area contributed by atoms with E-state index in [1.165, 1.54) is 25.9 Å². The standard InChI is InChI=1S/C15H16N4O.C4H9N/c1-10-6-11(7-12-15(10)18-5-4-17-12)8-19-13-9-16-3-2-14(13)20;1-2-4-5-3-1/h2,4-7,9,16,19-20H,3,8H2,1H3;5H,1-4H2. The summed E-state index contributed by atoms with van der Waals surface area (Å²) < 4.78 is 0. The van der Waals surface area contributed by atoms with Gasteiger partial charge in [0, 0.05) is 31.7 Å². The van der Waals surface area contributed by atoms with Crippen molar-refractivity contribution in [2.24, 2.45) is 0 Å². The molecule has 1 saturated heterocycles. The van der Waals surface area contributed by atoms with E-state index in [9.17, 15) is 5.11 Å². The Kier molecular flexibility index (Phi) is 5.85. The van der Waals surface area contributed by atoms with Gasteiger partial charge < -0.3 is 21.1 Å². The van der Waals surface area contributed by atoms with Crippen LogP contribution in [0.3, 0.4) is 0 Å². The summed E-state index contributed by atoms with van der Waals surface area (Å²) in [6.45, 7) is 5.81. The van der Waals surface area contributed by atoms with Crippen molar-refractivity contribution in [2.45, 2.75) is 26.3 Å². The maximum Gasteiger partial charge on any atom is 0.137 e. The number of aliphatic hydroxyl groups is 1. The van der Waals surface area contributed by atoms with Gasteiger partial charge in [0.25, 0.3) is 0 Å². The van der Waals surface area contributed by atoms with Crippen LogP contribution in [0, 0.1) is 6.92 Å². The van der Waals surface area contributed by atoms with Crippen molar-refractivity contribution in [3.05, 3.63) is 59.4 Å². The largest absolute Gasteiger partial charge is 0.506 e. The number of aryl methyl sites for hydroxylation is 1. The zero-order valence-corrected chi connectivity index (χ0v) is 14.5. The molecule has 6 nitrogen and oxygen atoms in total. The molecule has 4 rings (SSSR count). The number of fused-ring (bicyclic) bond motifs is 1. The Morgan fingerprint density at radius 3 is 2.68 bits per heavy atom. The van der Waals surface area contributed by atoms with E-state index in [4.69, 9.17) is 0 Å². The molecular weight excluding hydrogens is 314 g/mol. The summed E-state index contributed by atoms with van der Waals surface area (Å²) >= 11 is 0. The summed E-state index contributed by atoms with van der Waals surface area (Å²) in [5, 5.41) is 19.2. The summed E-state index contributed by atoms with van der Waals surface area (Å²) in [7, 11) is 0. The quantitative estimate of drug-likeness (QED) is 0.687. The van der Waals surface area contributed by atoms with E-state index < -0.39 is 0 Å². The zero-order chi connectivity index (χ0) is 17.5. The lowest BCUT2D eigenvalue weighted by Crippen LogP contribution is -2.22. The Bertz CT molecular complexity index is 773. The smallest absolute Gasteiger partial charge is 0.137 e. The van der Waals surface area contributed by atoms with E-state index >= 15 is 0 Å². The highest BCUT2D eigenvalue weighted by Gasteiger charge is 2.08. The highest BCUT2D eigenvalue weighted by Crippen LogP contribution is 2.17. The third-order valence-electron chi connectivity index (χ3n) is 4.20. The van der Waals surface area contributed by atoms with E-state index in [0.29, 0.717) is 18.8 Å². The summed E-state index contributed by atoms with van der Waals surface area (Å²) in [5.74, 6) is 0.279. The molecule has 132 valence electrons. The molecular formula is C19H25N5O. The third-order valence-corrected chi connectivity index (χ3v) is 4.20. The van der Waals surface area contributed by atoms with Crippen LogP contribution in [0.15, 0.2) is 48.3 Å². The number of benzene rings is 1. The van der Waals surface area contributed by atoms with Crippen molar-refractivity contribution in [3.8, 4) is 0 Å². The van der Waals surface area contributed by atoms with Crippen molar-refractivity contribution in [2.75, 3.05) is 19.6 Å². The lowest BCUT2D eigenvalue weighted by Gasteiger charge is -2.15. The fraction of sp³-hybridized carbons (Fsp3) is 0.368. The molecule has 0 atom stereocenters. The van der Waals surface area contributed by atoms with E-state index in [0.717, 1.165) is 22.2 Å². The maximum absolute atomic E-state index is 9.74. The lowest BCUT2D eigenvalue weighted by atomic mass is 10.1. The van der Waals surface area contributed by atoms with Crippen LogP contribution in [0.5, 0.6) is 0 Å². The van der Waals surface area contributed by atoms with Gasteiger partial charge in [-0.15, -0.1) is 0 Å². The van der Waals surface area contributed by atoms with Gasteiger partial charge in [0.1, 0.15) is 5.76 Å². The number of hydrogen-bond acceptors (Lipinski definition) is 6. The first-order chi connectivity index (χ1) is 12.2. The fourth-order valence-corrected chi connectivity index (χ4v) is 2.89. The van der Waals surface area contributed by atoms with E-state index in [1.807, 2.05) is 13.0 Å². The van der Waals surface area contributed by atoms with Gasteiger partial charge in [-0.2, -0.15) is 0 Å². The minimum atomic E-state index is 0.279. The number of aromatic nitrogens is 2. The monoisotopic (exact) mass is 339 g/mol. The van der Waals surface area contributed by atoms with Gasteiger partial charge in [-0.3, -0.25) is 9.97 Å². The maximum atomic E-state index is 9.74. The van der Waals surface area contributed by atoms with Crippen LogP contribution in [0.4, 0.5) is 0 Å². The van der Waals surface area contributed by atoms with Crippen LogP contribution >= 0.6 is 0 Å². The van der Waals surface area contributed by atoms with E-state index in [-0.39, 0.29) is 5.76 Å². The molecule has 3 heterocycles. The molecule has 0 aliphatic carbocycles. The number of nitrogens with one attached hydrogen (secondary N) is 3. The fourth-order valence-electron chi connectivity index (χ4n) is 2.89. The third kappa shape index (κ3) is 4.70. The lowest BCUT2D eigenvalue weighted by molar-refractivity contribution is 0.406. The van der Waals surface area contributed by atoms with Gasteiger partial charge in [-0.25, -0.2) is 0 Å². The second-order valence-corrected chi connectivity index (χ2v) is 6.20. The molecule has 2 aliphatic rings.